The zero-order valence-corrected chi connectivity index (χ0v) is 37.2. The number of aromatic nitrogens is 1. The van der Waals surface area contributed by atoms with Crippen LogP contribution in [0.5, 0.6) is 0 Å². The number of para-hydroxylation sites is 1. The van der Waals surface area contributed by atoms with Gasteiger partial charge in [0.05, 0.1) is 10.9 Å². The van der Waals surface area contributed by atoms with Gasteiger partial charge in [0.2, 0.25) is 0 Å². The Bertz CT molecular complexity index is 3510. The number of anilines is 3. The van der Waals surface area contributed by atoms with Gasteiger partial charge in [0.15, 0.2) is 0 Å². The molecule has 1 aromatic heterocycles. The van der Waals surface area contributed by atoms with Crippen LogP contribution in [0.1, 0.15) is 64.9 Å². The summed E-state index contributed by atoms with van der Waals surface area (Å²) in [6.45, 7) is 4.74. The third-order valence-corrected chi connectivity index (χ3v) is 14.9. The van der Waals surface area contributed by atoms with Crippen LogP contribution in [0.25, 0.3) is 56.0 Å². The molecular formula is C64H48N2. The smallest absolute Gasteiger partial charge is 0.0713 e. The van der Waals surface area contributed by atoms with Crippen molar-refractivity contribution in [3.8, 4) is 39.1 Å². The lowest BCUT2D eigenvalue weighted by Crippen LogP contribution is -2.28. The number of rotatable bonds is 7. The van der Waals surface area contributed by atoms with Gasteiger partial charge >= 0.3 is 0 Å². The molecule has 0 radical (unpaired) electrons. The summed E-state index contributed by atoms with van der Waals surface area (Å²) in [7, 11) is 0. The molecule has 0 N–H and O–H groups in total. The van der Waals surface area contributed by atoms with E-state index in [1.54, 1.807) is 0 Å². The van der Waals surface area contributed by atoms with E-state index in [1.807, 2.05) is 0 Å². The molecule has 10 aromatic rings. The Morgan fingerprint density at radius 1 is 0.455 bits per heavy atom. The van der Waals surface area contributed by atoms with Crippen molar-refractivity contribution < 1.29 is 0 Å². The van der Waals surface area contributed by atoms with Crippen molar-refractivity contribution >= 4 is 34.0 Å². The number of hydrogen-bond donors (Lipinski definition) is 0. The van der Waals surface area contributed by atoms with Gasteiger partial charge in [-0.3, -0.25) is 0 Å². The first-order valence-corrected chi connectivity index (χ1v) is 23.4. The van der Waals surface area contributed by atoms with Crippen molar-refractivity contribution in [2.75, 3.05) is 4.90 Å². The average Bonchev–Trinajstić information content (AvgIpc) is 3.96. The Hall–Kier alpha value is -7.94. The fourth-order valence-electron chi connectivity index (χ4n) is 12.0. The molecule has 9 aromatic carbocycles. The summed E-state index contributed by atoms with van der Waals surface area (Å²) < 4.78 is 2.48. The molecule has 13 rings (SSSR count). The lowest BCUT2D eigenvalue weighted by molar-refractivity contribution is 0.660. The van der Waals surface area contributed by atoms with Crippen LogP contribution in [0.4, 0.5) is 17.1 Å². The maximum atomic E-state index is 2.48. The highest BCUT2D eigenvalue weighted by Gasteiger charge is 2.46. The quantitative estimate of drug-likeness (QED) is 0.155. The maximum absolute atomic E-state index is 2.48. The largest absolute Gasteiger partial charge is 0.313 e. The topological polar surface area (TPSA) is 8.17 Å². The van der Waals surface area contributed by atoms with E-state index in [9.17, 15) is 0 Å². The van der Waals surface area contributed by atoms with E-state index in [2.05, 4.69) is 254 Å². The van der Waals surface area contributed by atoms with Crippen molar-refractivity contribution in [1.29, 1.82) is 0 Å². The van der Waals surface area contributed by atoms with Crippen molar-refractivity contribution in [1.82, 2.24) is 4.57 Å². The number of hydrogen-bond acceptors (Lipinski definition) is 1. The van der Waals surface area contributed by atoms with E-state index >= 15 is 0 Å². The Balaban J connectivity index is 0.995. The van der Waals surface area contributed by atoms with Gasteiger partial charge in [0.25, 0.3) is 0 Å². The predicted molar refractivity (Wildman–Crippen MR) is 276 cm³/mol. The second-order valence-electron chi connectivity index (χ2n) is 18.7. The van der Waals surface area contributed by atoms with Crippen LogP contribution in [-0.4, -0.2) is 4.57 Å². The van der Waals surface area contributed by atoms with Crippen LogP contribution in [-0.2, 0) is 17.3 Å². The highest BCUT2D eigenvalue weighted by Crippen LogP contribution is 2.58. The van der Waals surface area contributed by atoms with Crippen LogP contribution in [0, 0.1) is 0 Å². The summed E-state index contributed by atoms with van der Waals surface area (Å²) in [5, 5.41) is 1.31. The summed E-state index contributed by atoms with van der Waals surface area (Å²) >= 11 is 0. The van der Waals surface area contributed by atoms with E-state index < -0.39 is 5.41 Å². The van der Waals surface area contributed by atoms with Crippen LogP contribution in [0.15, 0.2) is 224 Å². The second-order valence-corrected chi connectivity index (χ2v) is 18.7. The van der Waals surface area contributed by atoms with E-state index in [1.165, 1.54) is 94.6 Å². The molecule has 66 heavy (non-hydrogen) atoms. The molecule has 0 amide bonds. The molecule has 0 fully saturated rings. The van der Waals surface area contributed by atoms with Crippen molar-refractivity contribution in [2.45, 2.75) is 37.5 Å². The van der Waals surface area contributed by atoms with Gasteiger partial charge in [-0.05, 0) is 134 Å². The first-order chi connectivity index (χ1) is 32.5. The number of allylic oxidation sites excluding steroid dienone is 1. The average molecular weight is 845 g/mol. The summed E-state index contributed by atoms with van der Waals surface area (Å²) in [6.07, 6.45) is 6.72. The molecule has 314 valence electrons. The molecule has 3 aliphatic carbocycles. The number of nitrogens with zero attached hydrogens (tertiary/aromatic N) is 2. The van der Waals surface area contributed by atoms with E-state index in [0.29, 0.717) is 0 Å². The van der Waals surface area contributed by atoms with Crippen molar-refractivity contribution in [3.63, 3.8) is 0 Å². The van der Waals surface area contributed by atoms with Gasteiger partial charge in [-0.1, -0.05) is 190 Å². The van der Waals surface area contributed by atoms with Crippen LogP contribution < -0.4 is 4.90 Å². The molecule has 0 unspecified atom stereocenters. The highest BCUT2D eigenvalue weighted by atomic mass is 15.1. The van der Waals surface area contributed by atoms with Gasteiger partial charge in [-0.2, -0.15) is 0 Å². The van der Waals surface area contributed by atoms with Gasteiger partial charge in [-0.15, -0.1) is 0 Å². The molecule has 0 bridgehead atoms. The Labute approximate surface area is 387 Å². The Morgan fingerprint density at radius 3 is 1.85 bits per heavy atom. The third-order valence-electron chi connectivity index (χ3n) is 14.9. The lowest BCUT2D eigenvalue weighted by atomic mass is 9.67. The van der Waals surface area contributed by atoms with Gasteiger partial charge in [0.1, 0.15) is 0 Å². The predicted octanol–water partition coefficient (Wildman–Crippen LogP) is 16.4. The molecule has 0 saturated carbocycles. The minimum atomic E-state index is -0.467. The van der Waals surface area contributed by atoms with Gasteiger partial charge in [0, 0.05) is 44.8 Å². The summed E-state index contributed by atoms with van der Waals surface area (Å²) in [6, 6.07) is 81.6. The van der Waals surface area contributed by atoms with E-state index in [0.717, 1.165) is 29.9 Å². The summed E-state index contributed by atoms with van der Waals surface area (Å²) in [4.78, 5) is 2.47. The Morgan fingerprint density at radius 2 is 1.06 bits per heavy atom. The van der Waals surface area contributed by atoms with Crippen LogP contribution in [0.3, 0.4) is 0 Å². The molecule has 1 heterocycles. The lowest BCUT2D eigenvalue weighted by Gasteiger charge is -2.34. The van der Waals surface area contributed by atoms with Crippen molar-refractivity contribution in [2.24, 2.45) is 0 Å². The molecule has 0 saturated heterocycles. The van der Waals surface area contributed by atoms with Gasteiger partial charge < -0.3 is 9.47 Å². The fraction of sp³-hybridized carbons (Fsp3) is 0.0938. The van der Waals surface area contributed by atoms with E-state index in [-0.39, 0.29) is 5.41 Å². The summed E-state index contributed by atoms with van der Waals surface area (Å²) in [5.74, 6) is 0. The molecule has 0 atom stereocenters. The van der Waals surface area contributed by atoms with Crippen LogP contribution in [0.2, 0.25) is 0 Å². The van der Waals surface area contributed by atoms with Gasteiger partial charge in [-0.25, -0.2) is 0 Å². The first kappa shape index (κ1) is 38.5. The molecule has 0 spiro atoms. The first-order valence-electron chi connectivity index (χ1n) is 23.4. The third kappa shape index (κ3) is 5.55. The minimum Gasteiger partial charge on any atom is -0.313 e. The molecule has 3 aliphatic rings. The Kier molecular flexibility index (Phi) is 8.64. The van der Waals surface area contributed by atoms with Crippen molar-refractivity contribution in [3.05, 3.63) is 269 Å². The number of benzene rings is 9. The fourth-order valence-corrected chi connectivity index (χ4v) is 12.0. The number of fused-ring (bicyclic) bond motifs is 9. The monoisotopic (exact) mass is 844 g/mol. The zero-order valence-electron chi connectivity index (χ0n) is 37.2. The van der Waals surface area contributed by atoms with E-state index in [4.69, 9.17) is 0 Å². The molecular weight excluding hydrogens is 797 g/mol. The minimum absolute atomic E-state index is 0.135. The highest BCUT2D eigenvalue weighted by molar-refractivity contribution is 5.97. The SMILES string of the molecule is CC1(C)c2ccccc2-c2ccc(N(c3ccc(-n4c5c(c6ccccc64)C=CCC5)cc3)c3cccc(-c4cccc5c4-c4ccccc4C5(c4ccccc4)c4ccccc4)c3)cc21. The van der Waals surface area contributed by atoms with Crippen LogP contribution >= 0.6 is 0 Å². The molecule has 2 heteroatoms. The maximum Gasteiger partial charge on any atom is 0.0713 e. The summed E-state index contributed by atoms with van der Waals surface area (Å²) in [5.41, 5.74) is 23.5. The normalized spacial score (nSPS) is 14.6. The molecule has 2 nitrogen and oxygen atoms in total. The standard InChI is InChI=1S/C64H48N2/c1-63(2)56-30-13-9-25-51(56)52-40-39-49(42-59(52)63)65(46-35-37-47(38-36-46)66-60-33-15-11-26-53(60)54-27-12-16-34-61(54)66)48-24-17-19-43(41-48)50-29-18-32-58-62(50)55-28-10-14-31-57(55)64(58,44-20-5-3-6-21-44)45-22-7-4-8-23-45/h3-15,17-33,35-42H,16,34H2,1-2H3. The molecule has 0 aliphatic heterocycles. The second kappa shape index (κ2) is 14.8. The zero-order chi connectivity index (χ0) is 44.0.